The largest absolute Gasteiger partial charge is 0.480 e. The number of benzene rings is 1. The number of carbonyl (C=O) groups is 2. The highest BCUT2D eigenvalue weighted by Gasteiger charge is 2.18. The van der Waals surface area contributed by atoms with Crippen LogP contribution in [0.15, 0.2) is 24.3 Å². The monoisotopic (exact) mass is 290 g/mol. The van der Waals surface area contributed by atoms with Crippen molar-refractivity contribution in [1.29, 1.82) is 0 Å². The van der Waals surface area contributed by atoms with Gasteiger partial charge >= 0.3 is 18.6 Å². The molecule has 110 valence electrons. The average Bonchev–Trinajstić information content (AvgIpc) is 2.37. The van der Waals surface area contributed by atoms with Crippen molar-refractivity contribution < 1.29 is 33.3 Å². The predicted molar refractivity (Wildman–Crippen MR) is 63.7 cm³/mol. The van der Waals surface area contributed by atoms with Crippen LogP contribution in [0.4, 0.5) is 19.3 Å². The summed E-state index contributed by atoms with van der Waals surface area (Å²) in [6.07, 6.45) is 0. The maximum absolute atomic E-state index is 11.9. The van der Waals surface area contributed by atoms with Crippen LogP contribution in [0.1, 0.15) is 0 Å². The molecule has 1 rings (SSSR count). The molecule has 0 bridgehead atoms. The second kappa shape index (κ2) is 7.24. The predicted octanol–water partition coefficient (Wildman–Crippen LogP) is 0.855. The summed E-state index contributed by atoms with van der Waals surface area (Å²) in [5.74, 6) is -1.46. The second-order valence-electron chi connectivity index (χ2n) is 3.57. The Labute approximate surface area is 112 Å². The molecule has 0 fully saturated rings. The SMILES string of the molecule is O=C(Nc1ccc(OC(F)F)cc1)N[C@@H](CO)C(=O)O. The summed E-state index contributed by atoms with van der Waals surface area (Å²) in [5, 5.41) is 21.6. The van der Waals surface area contributed by atoms with Crippen LogP contribution < -0.4 is 15.4 Å². The van der Waals surface area contributed by atoms with Crippen LogP contribution in [0.2, 0.25) is 0 Å². The number of urea groups is 1. The van der Waals surface area contributed by atoms with E-state index in [1.807, 2.05) is 5.32 Å². The van der Waals surface area contributed by atoms with Crippen LogP contribution in [0.5, 0.6) is 5.75 Å². The number of hydrogen-bond acceptors (Lipinski definition) is 4. The standard InChI is InChI=1S/C11H12F2N2O5/c12-10(13)20-7-3-1-6(2-4-7)14-11(19)15-8(5-16)9(17)18/h1-4,8,10,16H,5H2,(H,17,18)(H2,14,15,19)/t8-/m0/s1. The number of anilines is 1. The number of aliphatic hydroxyl groups excluding tert-OH is 1. The van der Waals surface area contributed by atoms with Crippen LogP contribution >= 0.6 is 0 Å². The van der Waals surface area contributed by atoms with Crippen LogP contribution in [0.25, 0.3) is 0 Å². The third-order valence-electron chi connectivity index (χ3n) is 2.12. The number of halogens is 2. The normalized spacial score (nSPS) is 11.8. The minimum atomic E-state index is -2.95. The fourth-order valence-electron chi connectivity index (χ4n) is 1.23. The van der Waals surface area contributed by atoms with Crippen molar-refractivity contribution in [2.24, 2.45) is 0 Å². The molecule has 0 aromatic heterocycles. The van der Waals surface area contributed by atoms with Gasteiger partial charge in [0.1, 0.15) is 5.75 Å². The lowest BCUT2D eigenvalue weighted by atomic mass is 10.3. The second-order valence-corrected chi connectivity index (χ2v) is 3.57. The molecule has 0 aliphatic rings. The van der Waals surface area contributed by atoms with Gasteiger partial charge in [0, 0.05) is 5.69 Å². The average molecular weight is 290 g/mol. The zero-order chi connectivity index (χ0) is 15.1. The zero-order valence-corrected chi connectivity index (χ0v) is 10.0. The molecule has 0 saturated heterocycles. The van der Waals surface area contributed by atoms with E-state index in [0.717, 1.165) is 0 Å². The maximum atomic E-state index is 11.9. The highest BCUT2D eigenvalue weighted by molar-refractivity contribution is 5.92. The number of aliphatic carboxylic acids is 1. The summed E-state index contributed by atoms with van der Waals surface area (Å²) in [7, 11) is 0. The number of hydrogen-bond donors (Lipinski definition) is 4. The number of aliphatic hydroxyl groups is 1. The number of amides is 2. The molecule has 4 N–H and O–H groups in total. The fourth-order valence-corrected chi connectivity index (χ4v) is 1.23. The fraction of sp³-hybridized carbons (Fsp3) is 0.273. The first-order chi connectivity index (χ1) is 9.42. The number of rotatable bonds is 6. The Morgan fingerprint density at radius 2 is 1.85 bits per heavy atom. The number of carboxylic acid groups (broad SMARTS) is 1. The third kappa shape index (κ3) is 5.06. The highest BCUT2D eigenvalue weighted by atomic mass is 19.3. The lowest BCUT2D eigenvalue weighted by molar-refractivity contribution is -0.140. The molecule has 1 aromatic carbocycles. The molecule has 1 atom stereocenters. The minimum absolute atomic E-state index is 0.0790. The molecule has 0 radical (unpaired) electrons. The van der Waals surface area contributed by atoms with Crippen molar-refractivity contribution >= 4 is 17.7 Å². The Morgan fingerprint density at radius 3 is 2.30 bits per heavy atom. The highest BCUT2D eigenvalue weighted by Crippen LogP contribution is 2.17. The van der Waals surface area contributed by atoms with E-state index in [2.05, 4.69) is 10.1 Å². The van der Waals surface area contributed by atoms with E-state index < -0.39 is 31.3 Å². The van der Waals surface area contributed by atoms with Gasteiger partial charge in [-0.3, -0.25) is 0 Å². The Kier molecular flexibility index (Phi) is 5.66. The molecule has 9 heteroatoms. The van der Waals surface area contributed by atoms with Crippen LogP contribution in [-0.2, 0) is 4.79 Å². The van der Waals surface area contributed by atoms with E-state index in [9.17, 15) is 18.4 Å². The van der Waals surface area contributed by atoms with Gasteiger partial charge in [-0.25, -0.2) is 9.59 Å². The van der Waals surface area contributed by atoms with Crippen molar-refractivity contribution in [3.05, 3.63) is 24.3 Å². The van der Waals surface area contributed by atoms with Gasteiger partial charge in [0.25, 0.3) is 0 Å². The third-order valence-corrected chi connectivity index (χ3v) is 2.12. The van der Waals surface area contributed by atoms with E-state index in [-0.39, 0.29) is 11.4 Å². The van der Waals surface area contributed by atoms with Crippen LogP contribution in [0.3, 0.4) is 0 Å². The number of nitrogens with one attached hydrogen (secondary N) is 2. The topological polar surface area (TPSA) is 108 Å². The zero-order valence-electron chi connectivity index (χ0n) is 10.0. The van der Waals surface area contributed by atoms with E-state index >= 15 is 0 Å². The van der Waals surface area contributed by atoms with E-state index in [0.29, 0.717) is 0 Å². The number of carboxylic acids is 1. The van der Waals surface area contributed by atoms with Crippen LogP contribution in [-0.4, -0.2) is 41.5 Å². The van der Waals surface area contributed by atoms with Crippen molar-refractivity contribution in [3.63, 3.8) is 0 Å². The minimum Gasteiger partial charge on any atom is -0.480 e. The lowest BCUT2D eigenvalue weighted by Crippen LogP contribution is -2.45. The Bertz CT molecular complexity index is 466. The number of carbonyl (C=O) groups excluding carboxylic acids is 1. The molecule has 0 saturated carbocycles. The van der Waals surface area contributed by atoms with Crippen LogP contribution in [0, 0.1) is 0 Å². The number of alkyl halides is 2. The van der Waals surface area contributed by atoms with Crippen molar-refractivity contribution in [1.82, 2.24) is 5.32 Å². The quantitative estimate of drug-likeness (QED) is 0.621. The van der Waals surface area contributed by atoms with Gasteiger partial charge in [0.2, 0.25) is 0 Å². The smallest absolute Gasteiger partial charge is 0.387 e. The van der Waals surface area contributed by atoms with Gasteiger partial charge in [0.15, 0.2) is 6.04 Å². The molecule has 0 heterocycles. The summed E-state index contributed by atoms with van der Waals surface area (Å²) in [6.45, 7) is -3.71. The molecule has 20 heavy (non-hydrogen) atoms. The summed E-state index contributed by atoms with van der Waals surface area (Å²) in [6, 6.07) is 2.73. The molecule has 7 nitrogen and oxygen atoms in total. The van der Waals surface area contributed by atoms with Crippen molar-refractivity contribution in [2.45, 2.75) is 12.7 Å². The van der Waals surface area contributed by atoms with Gasteiger partial charge in [-0.2, -0.15) is 8.78 Å². The van der Waals surface area contributed by atoms with Gasteiger partial charge in [-0.1, -0.05) is 0 Å². The van der Waals surface area contributed by atoms with E-state index in [1.54, 1.807) is 0 Å². The number of ether oxygens (including phenoxy) is 1. The summed E-state index contributed by atoms with van der Waals surface area (Å²) in [5.41, 5.74) is 0.242. The molecule has 2 amide bonds. The van der Waals surface area contributed by atoms with Crippen molar-refractivity contribution in [2.75, 3.05) is 11.9 Å². The summed E-state index contributed by atoms with van der Waals surface area (Å²) >= 11 is 0. The first-order valence-corrected chi connectivity index (χ1v) is 5.38. The maximum Gasteiger partial charge on any atom is 0.387 e. The van der Waals surface area contributed by atoms with Gasteiger partial charge < -0.3 is 25.6 Å². The summed E-state index contributed by atoms with van der Waals surface area (Å²) < 4.78 is 27.9. The molecule has 0 aliphatic heterocycles. The molecule has 0 aliphatic carbocycles. The molecule has 0 spiro atoms. The van der Waals surface area contributed by atoms with Gasteiger partial charge in [-0.15, -0.1) is 0 Å². The van der Waals surface area contributed by atoms with Gasteiger partial charge in [-0.05, 0) is 24.3 Å². The molecular weight excluding hydrogens is 278 g/mol. The van der Waals surface area contributed by atoms with Crippen molar-refractivity contribution in [3.8, 4) is 5.75 Å². The molecule has 0 unspecified atom stereocenters. The molecular formula is C11H12F2N2O5. The molecule has 1 aromatic rings. The van der Waals surface area contributed by atoms with E-state index in [1.165, 1.54) is 24.3 Å². The Balaban J connectivity index is 2.55. The summed E-state index contributed by atoms with van der Waals surface area (Å²) in [4.78, 5) is 22.0. The first-order valence-electron chi connectivity index (χ1n) is 5.38. The lowest BCUT2D eigenvalue weighted by Gasteiger charge is -2.13. The Hall–Kier alpha value is -2.42. The first kappa shape index (κ1) is 15.6. The Morgan fingerprint density at radius 1 is 1.25 bits per heavy atom. The van der Waals surface area contributed by atoms with E-state index in [4.69, 9.17) is 10.2 Å². The van der Waals surface area contributed by atoms with Gasteiger partial charge in [0.05, 0.1) is 6.61 Å².